The van der Waals surface area contributed by atoms with E-state index in [0.29, 0.717) is 30.8 Å². The number of fused-ring (bicyclic) bond motifs is 1. The van der Waals surface area contributed by atoms with Gasteiger partial charge in [-0.05, 0) is 44.7 Å². The molecule has 0 bridgehead atoms. The van der Waals surface area contributed by atoms with Crippen LogP contribution in [0.3, 0.4) is 0 Å². The highest BCUT2D eigenvalue weighted by Gasteiger charge is 2.43. The number of benzene rings is 1. The minimum atomic E-state index is -0.418. The Labute approximate surface area is 246 Å². The minimum Gasteiger partial charge on any atom is -0.379 e. The van der Waals surface area contributed by atoms with Crippen LogP contribution in [0.1, 0.15) is 90.1 Å². The molecule has 9 nitrogen and oxygen atoms in total. The Kier molecular flexibility index (Phi) is 8.42. The van der Waals surface area contributed by atoms with Crippen LogP contribution in [0.4, 0.5) is 5.69 Å². The number of thiazole rings is 1. The summed E-state index contributed by atoms with van der Waals surface area (Å²) in [5, 5.41) is 5.98. The number of ether oxygens (including phenoxy) is 1. The molecule has 1 N–H and O–H groups in total. The molecule has 0 unspecified atom stereocenters. The van der Waals surface area contributed by atoms with E-state index in [2.05, 4.69) is 20.1 Å². The number of hydrogen-bond donors (Lipinski definition) is 1. The zero-order valence-corrected chi connectivity index (χ0v) is 24.8. The first-order valence-electron chi connectivity index (χ1n) is 15.2. The van der Waals surface area contributed by atoms with Gasteiger partial charge in [0.25, 0.3) is 11.8 Å². The highest BCUT2D eigenvalue weighted by Crippen LogP contribution is 2.38. The van der Waals surface area contributed by atoms with Gasteiger partial charge in [-0.15, -0.1) is 11.3 Å². The number of hydrogen-bond acceptors (Lipinski definition) is 8. The molecule has 0 radical (unpaired) electrons. The van der Waals surface area contributed by atoms with Crippen molar-refractivity contribution in [1.29, 1.82) is 0 Å². The first-order chi connectivity index (χ1) is 20.0. The summed E-state index contributed by atoms with van der Waals surface area (Å²) in [5.41, 5.74) is 1.76. The predicted octanol–water partition coefficient (Wildman–Crippen LogP) is 4.26. The molecule has 1 aromatic heterocycles. The SMILES string of the molecule is C[C@@H](c1nccs1)N1C(=O)c2cccc(N3CCC(C(=O)NCC4(N5CCOCC5)CCCCCC4)CC3)c2C1=O. The van der Waals surface area contributed by atoms with Gasteiger partial charge in [0.05, 0.1) is 36.1 Å². The van der Waals surface area contributed by atoms with Crippen molar-refractivity contribution in [2.45, 2.75) is 69.9 Å². The smallest absolute Gasteiger partial charge is 0.264 e. The average molecular weight is 580 g/mol. The van der Waals surface area contributed by atoms with Crippen LogP contribution in [-0.4, -0.2) is 84.0 Å². The predicted molar refractivity (Wildman–Crippen MR) is 158 cm³/mol. The Bertz CT molecular complexity index is 1250. The van der Waals surface area contributed by atoms with Crippen LogP contribution in [0.25, 0.3) is 0 Å². The van der Waals surface area contributed by atoms with E-state index in [4.69, 9.17) is 4.74 Å². The summed E-state index contributed by atoms with van der Waals surface area (Å²) in [6, 6.07) is 5.11. The second kappa shape index (κ2) is 12.2. The average Bonchev–Trinajstić information content (AvgIpc) is 3.56. The lowest BCUT2D eigenvalue weighted by molar-refractivity contribution is -0.126. The third-order valence-corrected chi connectivity index (χ3v) is 10.6. The molecule has 10 heteroatoms. The van der Waals surface area contributed by atoms with Crippen molar-refractivity contribution in [3.8, 4) is 0 Å². The van der Waals surface area contributed by atoms with E-state index in [9.17, 15) is 14.4 Å². The number of rotatable bonds is 7. The summed E-state index contributed by atoms with van der Waals surface area (Å²) in [6.45, 7) is 7.33. The van der Waals surface area contributed by atoms with Crippen molar-refractivity contribution in [1.82, 2.24) is 20.1 Å². The second-order valence-corrected chi connectivity index (χ2v) is 12.9. The largest absolute Gasteiger partial charge is 0.379 e. The van der Waals surface area contributed by atoms with Gasteiger partial charge in [0.15, 0.2) is 0 Å². The summed E-state index contributed by atoms with van der Waals surface area (Å²) in [7, 11) is 0. The van der Waals surface area contributed by atoms with Crippen molar-refractivity contribution < 1.29 is 19.1 Å². The molecule has 1 aromatic carbocycles. The van der Waals surface area contributed by atoms with Crippen LogP contribution < -0.4 is 10.2 Å². The van der Waals surface area contributed by atoms with E-state index in [0.717, 1.165) is 62.7 Å². The summed E-state index contributed by atoms with van der Waals surface area (Å²) in [6.07, 6.45) is 10.4. The van der Waals surface area contributed by atoms with E-state index in [1.807, 2.05) is 24.4 Å². The maximum atomic E-state index is 13.6. The number of nitrogens with zero attached hydrogens (tertiary/aromatic N) is 4. The number of piperidine rings is 1. The molecule has 4 heterocycles. The lowest BCUT2D eigenvalue weighted by Crippen LogP contribution is -2.59. The zero-order valence-electron chi connectivity index (χ0n) is 24.0. The summed E-state index contributed by atoms with van der Waals surface area (Å²) < 4.78 is 5.63. The van der Waals surface area contributed by atoms with Crippen LogP contribution in [0.15, 0.2) is 29.8 Å². The third-order valence-electron chi connectivity index (χ3n) is 9.63. The molecule has 2 aromatic rings. The van der Waals surface area contributed by atoms with Gasteiger partial charge in [0, 0.05) is 55.8 Å². The first kappa shape index (κ1) is 28.3. The highest BCUT2D eigenvalue weighted by atomic mass is 32.1. The number of carbonyl (C=O) groups excluding carboxylic acids is 3. The molecule has 2 saturated heterocycles. The fraction of sp³-hybridized carbons (Fsp3) is 0.613. The standard InChI is InChI=1S/C31H41N5O4S/c1-22(28-32-13-20-41-28)36-29(38)24-7-6-8-25(26(24)30(36)39)34-14-9-23(10-15-34)27(37)33-21-31(11-4-2-3-5-12-31)35-16-18-40-19-17-35/h6-8,13,20,22-23H,2-5,9-12,14-19,21H2,1H3,(H,33,37)/t22-/m0/s1. The number of amides is 3. The number of morpholine rings is 1. The molecule has 3 aliphatic heterocycles. The van der Waals surface area contributed by atoms with Gasteiger partial charge in [-0.2, -0.15) is 0 Å². The maximum absolute atomic E-state index is 13.6. The van der Waals surface area contributed by atoms with E-state index in [-0.39, 0.29) is 29.2 Å². The first-order valence-corrected chi connectivity index (χ1v) is 16.1. The summed E-state index contributed by atoms with van der Waals surface area (Å²) in [5.74, 6) is -0.430. The molecule has 1 aliphatic carbocycles. The molecule has 3 fully saturated rings. The summed E-state index contributed by atoms with van der Waals surface area (Å²) in [4.78, 5) is 50.7. The zero-order chi connectivity index (χ0) is 28.4. The molecule has 6 rings (SSSR count). The molecule has 4 aliphatic rings. The van der Waals surface area contributed by atoms with E-state index in [1.54, 1.807) is 12.3 Å². The fourth-order valence-corrected chi connectivity index (χ4v) is 7.95. The quantitative estimate of drug-likeness (QED) is 0.387. The normalized spacial score (nSPS) is 22.9. The Balaban J connectivity index is 1.10. The number of aromatic nitrogens is 1. The van der Waals surface area contributed by atoms with Crippen LogP contribution >= 0.6 is 11.3 Å². The number of nitrogens with one attached hydrogen (secondary N) is 1. The monoisotopic (exact) mass is 579 g/mol. The third kappa shape index (κ3) is 5.53. The molecule has 41 heavy (non-hydrogen) atoms. The molecule has 220 valence electrons. The van der Waals surface area contributed by atoms with Crippen LogP contribution in [-0.2, 0) is 9.53 Å². The minimum absolute atomic E-state index is 0.0375. The molecule has 1 saturated carbocycles. The molecule has 0 spiro atoms. The Morgan fingerprint density at radius 3 is 2.49 bits per heavy atom. The van der Waals surface area contributed by atoms with Gasteiger partial charge in [0.2, 0.25) is 5.91 Å². The van der Waals surface area contributed by atoms with Gasteiger partial charge in [-0.3, -0.25) is 24.2 Å². The van der Waals surface area contributed by atoms with Gasteiger partial charge < -0.3 is 15.0 Å². The fourth-order valence-electron chi connectivity index (χ4n) is 7.26. The van der Waals surface area contributed by atoms with E-state index >= 15 is 0 Å². The van der Waals surface area contributed by atoms with Crippen molar-refractivity contribution >= 4 is 34.7 Å². The molecular weight excluding hydrogens is 538 g/mol. The van der Waals surface area contributed by atoms with Crippen LogP contribution in [0, 0.1) is 5.92 Å². The van der Waals surface area contributed by atoms with Gasteiger partial charge in [-0.1, -0.05) is 31.7 Å². The maximum Gasteiger partial charge on any atom is 0.264 e. The number of imide groups is 1. The van der Waals surface area contributed by atoms with Crippen molar-refractivity contribution in [2.75, 3.05) is 50.8 Å². The van der Waals surface area contributed by atoms with Crippen molar-refractivity contribution in [3.63, 3.8) is 0 Å². The Hall–Kier alpha value is -2.82. The lowest BCUT2D eigenvalue weighted by atomic mass is 9.86. The number of carbonyl (C=O) groups is 3. The van der Waals surface area contributed by atoms with E-state index in [1.165, 1.54) is 41.9 Å². The van der Waals surface area contributed by atoms with E-state index < -0.39 is 6.04 Å². The number of anilines is 1. The Morgan fingerprint density at radius 1 is 1.07 bits per heavy atom. The second-order valence-electron chi connectivity index (χ2n) is 11.9. The highest BCUT2D eigenvalue weighted by molar-refractivity contribution is 7.09. The van der Waals surface area contributed by atoms with Gasteiger partial charge in [0.1, 0.15) is 5.01 Å². The Morgan fingerprint density at radius 2 is 1.80 bits per heavy atom. The molecular formula is C31H41N5O4S. The summed E-state index contributed by atoms with van der Waals surface area (Å²) >= 11 is 1.44. The topological polar surface area (TPSA) is 95.1 Å². The van der Waals surface area contributed by atoms with Crippen LogP contribution in [0.5, 0.6) is 0 Å². The van der Waals surface area contributed by atoms with Crippen LogP contribution in [0.2, 0.25) is 0 Å². The molecule has 1 atom stereocenters. The van der Waals surface area contributed by atoms with Gasteiger partial charge >= 0.3 is 0 Å². The molecule has 3 amide bonds. The van der Waals surface area contributed by atoms with Gasteiger partial charge in [-0.25, -0.2) is 4.98 Å². The lowest BCUT2D eigenvalue weighted by Gasteiger charge is -2.46. The van der Waals surface area contributed by atoms with Crippen molar-refractivity contribution in [3.05, 3.63) is 45.9 Å². The van der Waals surface area contributed by atoms with Crippen molar-refractivity contribution in [2.24, 2.45) is 5.92 Å².